The van der Waals surface area contributed by atoms with Gasteiger partial charge in [-0.05, 0) is 5.56 Å². The van der Waals surface area contributed by atoms with Crippen molar-refractivity contribution in [3.8, 4) is 0 Å². The van der Waals surface area contributed by atoms with E-state index >= 15 is 0 Å². The highest BCUT2D eigenvalue weighted by Crippen LogP contribution is 2.30. The second-order valence-electron chi connectivity index (χ2n) is 4.13. The first-order chi connectivity index (χ1) is 8.31. The van der Waals surface area contributed by atoms with Gasteiger partial charge in [-0.3, -0.25) is 9.59 Å². The third-order valence-corrected chi connectivity index (χ3v) is 3.04. The van der Waals surface area contributed by atoms with Gasteiger partial charge in [0.2, 0.25) is 5.91 Å². The van der Waals surface area contributed by atoms with Crippen molar-refractivity contribution < 1.29 is 19.8 Å². The Hall–Kier alpha value is -1.92. The molecular formula is C12H16N2O4. The first-order valence-electron chi connectivity index (χ1n) is 5.36. The molecule has 0 heterocycles. The Bertz CT molecular complexity index is 449. The number of hydrogen-bond donors (Lipinski definition) is 4. The molecule has 0 saturated heterocycles. The molecule has 0 aromatic heterocycles. The van der Waals surface area contributed by atoms with Gasteiger partial charge in [-0.25, -0.2) is 0 Å². The lowest BCUT2D eigenvalue weighted by Gasteiger charge is -2.33. The van der Waals surface area contributed by atoms with Gasteiger partial charge in [-0.2, -0.15) is 0 Å². The van der Waals surface area contributed by atoms with Crippen molar-refractivity contribution in [3.63, 3.8) is 0 Å². The molecule has 3 atom stereocenters. The zero-order valence-electron chi connectivity index (χ0n) is 9.91. The summed E-state index contributed by atoms with van der Waals surface area (Å²) in [5.41, 5.74) is 8.13. The summed E-state index contributed by atoms with van der Waals surface area (Å²) in [6, 6.07) is 8.44. The van der Waals surface area contributed by atoms with Gasteiger partial charge in [-0.15, -0.1) is 0 Å². The van der Waals surface area contributed by atoms with Gasteiger partial charge in [-0.1, -0.05) is 37.3 Å². The number of primary amides is 2. The highest BCUT2D eigenvalue weighted by atomic mass is 16.4. The van der Waals surface area contributed by atoms with E-state index in [2.05, 4.69) is 0 Å². The van der Waals surface area contributed by atoms with Crippen molar-refractivity contribution in [2.24, 2.45) is 11.5 Å². The van der Waals surface area contributed by atoms with Crippen LogP contribution >= 0.6 is 0 Å². The lowest BCUT2D eigenvalue weighted by molar-refractivity contribution is -0.161. The molecule has 6 nitrogen and oxygen atoms in total. The van der Waals surface area contributed by atoms with Crippen molar-refractivity contribution in [2.75, 3.05) is 0 Å². The second kappa shape index (κ2) is 5.16. The molecule has 6 N–H and O–H groups in total. The summed E-state index contributed by atoms with van der Waals surface area (Å²) in [4.78, 5) is 22.4. The molecule has 0 fully saturated rings. The van der Waals surface area contributed by atoms with Crippen LogP contribution in [0, 0.1) is 0 Å². The number of aliphatic hydroxyl groups is 2. The van der Waals surface area contributed by atoms with E-state index in [1.54, 1.807) is 30.3 Å². The molecule has 0 bridgehead atoms. The molecule has 1 aromatic carbocycles. The molecule has 2 amide bonds. The third kappa shape index (κ3) is 2.34. The fourth-order valence-corrected chi connectivity index (χ4v) is 1.80. The number of rotatable bonds is 5. The fourth-order valence-electron chi connectivity index (χ4n) is 1.80. The Morgan fingerprint density at radius 2 is 1.72 bits per heavy atom. The van der Waals surface area contributed by atoms with E-state index < -0.39 is 29.4 Å². The van der Waals surface area contributed by atoms with Gasteiger partial charge in [0.15, 0.2) is 11.7 Å². The van der Waals surface area contributed by atoms with E-state index in [9.17, 15) is 19.8 Å². The SMILES string of the molecule is C[C@@H](c1ccccc1)[C@@](O)(C(N)=O)[C@H](O)C(N)=O. The normalized spacial score (nSPS) is 17.5. The van der Waals surface area contributed by atoms with E-state index in [1.807, 2.05) is 0 Å². The highest BCUT2D eigenvalue weighted by Gasteiger charge is 2.49. The molecule has 0 unspecified atom stereocenters. The minimum atomic E-state index is -2.44. The maximum absolute atomic E-state index is 11.4. The Morgan fingerprint density at radius 1 is 1.22 bits per heavy atom. The topological polar surface area (TPSA) is 127 Å². The summed E-state index contributed by atoms with van der Waals surface area (Å²) in [7, 11) is 0. The average Bonchev–Trinajstić information content (AvgIpc) is 2.36. The molecule has 98 valence electrons. The lowest BCUT2D eigenvalue weighted by atomic mass is 9.78. The summed E-state index contributed by atoms with van der Waals surface area (Å²) in [6.07, 6.45) is -2.06. The Labute approximate surface area is 104 Å². The van der Waals surface area contributed by atoms with Crippen LogP contribution in [0.3, 0.4) is 0 Å². The van der Waals surface area contributed by atoms with Gasteiger partial charge >= 0.3 is 0 Å². The van der Waals surface area contributed by atoms with Crippen LogP contribution < -0.4 is 11.5 Å². The Kier molecular flexibility index (Phi) is 4.05. The first-order valence-corrected chi connectivity index (χ1v) is 5.36. The molecule has 0 radical (unpaired) electrons. The summed E-state index contributed by atoms with van der Waals surface area (Å²) < 4.78 is 0. The minimum Gasteiger partial charge on any atom is -0.380 e. The average molecular weight is 252 g/mol. The molecule has 18 heavy (non-hydrogen) atoms. The third-order valence-electron chi connectivity index (χ3n) is 3.04. The number of nitrogens with two attached hydrogens (primary N) is 2. The number of carbonyl (C=O) groups is 2. The summed E-state index contributed by atoms with van der Waals surface area (Å²) >= 11 is 0. The Morgan fingerprint density at radius 3 is 2.11 bits per heavy atom. The van der Waals surface area contributed by atoms with Gasteiger partial charge in [0.25, 0.3) is 5.91 Å². The van der Waals surface area contributed by atoms with Gasteiger partial charge in [0.1, 0.15) is 0 Å². The van der Waals surface area contributed by atoms with Crippen LogP contribution in [0.5, 0.6) is 0 Å². The number of carbonyl (C=O) groups excluding carboxylic acids is 2. The molecule has 0 aliphatic heterocycles. The van der Waals surface area contributed by atoms with E-state index in [0.717, 1.165) is 0 Å². The molecule has 0 spiro atoms. The smallest absolute Gasteiger partial charge is 0.253 e. The second-order valence-corrected chi connectivity index (χ2v) is 4.13. The summed E-state index contributed by atoms with van der Waals surface area (Å²) in [5.74, 6) is -3.29. The van der Waals surface area contributed by atoms with E-state index in [1.165, 1.54) is 6.92 Å². The highest BCUT2D eigenvalue weighted by molar-refractivity contribution is 5.93. The zero-order valence-corrected chi connectivity index (χ0v) is 9.91. The van der Waals surface area contributed by atoms with Crippen LogP contribution in [0.25, 0.3) is 0 Å². The zero-order chi connectivity index (χ0) is 13.9. The maximum atomic E-state index is 11.4. The standard InChI is InChI=1S/C12H16N2O4/c1-7(8-5-3-2-4-6-8)12(18,11(14)17)9(15)10(13)16/h2-7,9,15,18H,1H3,(H2,13,16)(H2,14,17)/t7-,9+,12-/m0/s1. The first kappa shape index (κ1) is 14.1. The van der Waals surface area contributed by atoms with Gasteiger partial charge in [0, 0.05) is 5.92 Å². The molecule has 0 saturated carbocycles. The van der Waals surface area contributed by atoms with Gasteiger partial charge in [0.05, 0.1) is 0 Å². The molecule has 0 aliphatic rings. The number of aliphatic hydroxyl groups excluding tert-OH is 1. The van der Waals surface area contributed by atoms with Crippen LogP contribution in [-0.2, 0) is 9.59 Å². The van der Waals surface area contributed by atoms with E-state index in [-0.39, 0.29) is 0 Å². The quantitative estimate of drug-likeness (QED) is 0.527. The van der Waals surface area contributed by atoms with Crippen LogP contribution in [-0.4, -0.2) is 33.7 Å². The molecule has 6 heteroatoms. The monoisotopic (exact) mass is 252 g/mol. The van der Waals surface area contributed by atoms with Crippen LogP contribution in [0.1, 0.15) is 18.4 Å². The van der Waals surface area contributed by atoms with Gasteiger partial charge < -0.3 is 21.7 Å². The van der Waals surface area contributed by atoms with Crippen molar-refractivity contribution in [2.45, 2.75) is 24.5 Å². The largest absolute Gasteiger partial charge is 0.380 e. The predicted molar refractivity (Wildman–Crippen MR) is 64.2 cm³/mol. The van der Waals surface area contributed by atoms with Crippen molar-refractivity contribution in [3.05, 3.63) is 35.9 Å². The predicted octanol–water partition coefficient (Wildman–Crippen LogP) is -1.15. The lowest BCUT2D eigenvalue weighted by Crippen LogP contribution is -2.60. The minimum absolute atomic E-state index is 0.555. The molecular weight excluding hydrogens is 236 g/mol. The van der Waals surface area contributed by atoms with Crippen LogP contribution in [0.4, 0.5) is 0 Å². The summed E-state index contributed by atoms with van der Waals surface area (Å²) in [6.45, 7) is 1.48. The van der Waals surface area contributed by atoms with Crippen molar-refractivity contribution in [1.29, 1.82) is 0 Å². The maximum Gasteiger partial charge on any atom is 0.253 e. The molecule has 1 rings (SSSR count). The molecule has 0 aliphatic carbocycles. The van der Waals surface area contributed by atoms with E-state index in [4.69, 9.17) is 11.5 Å². The van der Waals surface area contributed by atoms with Crippen LogP contribution in [0.2, 0.25) is 0 Å². The van der Waals surface area contributed by atoms with Crippen LogP contribution in [0.15, 0.2) is 30.3 Å². The Balaban J connectivity index is 3.21. The van der Waals surface area contributed by atoms with Crippen molar-refractivity contribution in [1.82, 2.24) is 0 Å². The molecule has 1 aromatic rings. The summed E-state index contributed by atoms with van der Waals surface area (Å²) in [5, 5.41) is 19.8. The number of hydrogen-bond acceptors (Lipinski definition) is 4. The number of benzene rings is 1. The fraction of sp³-hybridized carbons (Fsp3) is 0.333. The van der Waals surface area contributed by atoms with E-state index in [0.29, 0.717) is 5.56 Å². The number of amides is 2. The van der Waals surface area contributed by atoms with Crippen molar-refractivity contribution >= 4 is 11.8 Å².